The SMILES string of the molecule is COc1ccc(SC(F)(F)C(F)(F)[Si](C)(C)C)cc1. The summed E-state index contributed by atoms with van der Waals surface area (Å²) in [6.07, 6.45) is 0. The van der Waals surface area contributed by atoms with Crippen molar-refractivity contribution in [3.05, 3.63) is 24.3 Å². The molecule has 0 N–H and O–H groups in total. The molecule has 7 heteroatoms. The summed E-state index contributed by atoms with van der Waals surface area (Å²) in [5.74, 6) is 0.490. The van der Waals surface area contributed by atoms with Crippen molar-refractivity contribution in [1.29, 1.82) is 0 Å². The first kappa shape index (κ1) is 16.4. The van der Waals surface area contributed by atoms with Crippen LogP contribution in [0.3, 0.4) is 0 Å². The van der Waals surface area contributed by atoms with Gasteiger partial charge in [0.1, 0.15) is 13.8 Å². The van der Waals surface area contributed by atoms with Crippen LogP contribution in [0.1, 0.15) is 0 Å². The number of hydrogen-bond donors (Lipinski definition) is 0. The number of thioether (sulfide) groups is 1. The number of alkyl halides is 4. The number of methoxy groups -OCH3 is 1. The molecule has 0 aliphatic rings. The van der Waals surface area contributed by atoms with Gasteiger partial charge in [-0.25, -0.2) is 8.78 Å². The molecule has 0 amide bonds. The van der Waals surface area contributed by atoms with E-state index in [2.05, 4.69) is 0 Å². The molecule has 0 radical (unpaired) electrons. The summed E-state index contributed by atoms with van der Waals surface area (Å²) in [7, 11) is -1.88. The fourth-order valence-electron chi connectivity index (χ4n) is 1.29. The Balaban J connectivity index is 2.95. The molecule has 0 aromatic heterocycles. The van der Waals surface area contributed by atoms with Gasteiger partial charge in [0.2, 0.25) is 0 Å². The molecule has 0 aliphatic carbocycles. The second kappa shape index (κ2) is 5.36. The van der Waals surface area contributed by atoms with Crippen molar-refractivity contribution in [2.75, 3.05) is 7.11 Å². The number of hydrogen-bond acceptors (Lipinski definition) is 2. The number of ether oxygens (including phenoxy) is 1. The molecule has 1 nitrogen and oxygen atoms in total. The first-order valence-electron chi connectivity index (χ1n) is 5.60. The van der Waals surface area contributed by atoms with Gasteiger partial charge in [-0.2, -0.15) is 8.78 Å². The minimum absolute atomic E-state index is 0.0868. The minimum Gasteiger partial charge on any atom is -0.497 e. The van der Waals surface area contributed by atoms with E-state index in [-0.39, 0.29) is 16.7 Å². The molecule has 0 unspecified atom stereocenters. The third-order valence-corrected chi connectivity index (χ3v) is 6.01. The lowest BCUT2D eigenvalue weighted by Crippen LogP contribution is -2.55. The molecule has 0 bridgehead atoms. The molecule has 0 fully saturated rings. The van der Waals surface area contributed by atoms with Gasteiger partial charge in [0.15, 0.2) is 0 Å². The minimum atomic E-state index is -4.12. The zero-order valence-corrected chi connectivity index (χ0v) is 13.0. The van der Waals surface area contributed by atoms with Gasteiger partial charge >= 0.3 is 5.25 Å². The van der Waals surface area contributed by atoms with E-state index >= 15 is 0 Å². The molecule has 0 saturated carbocycles. The number of benzene rings is 1. The molecule has 1 rings (SSSR count). The fourth-order valence-corrected chi connectivity index (χ4v) is 3.93. The molecule has 0 atom stereocenters. The zero-order chi connectivity index (χ0) is 14.9. The quantitative estimate of drug-likeness (QED) is 0.435. The van der Waals surface area contributed by atoms with E-state index in [0.717, 1.165) is 0 Å². The van der Waals surface area contributed by atoms with Crippen molar-refractivity contribution in [3.8, 4) is 5.75 Å². The predicted molar refractivity (Wildman–Crippen MR) is 72.1 cm³/mol. The lowest BCUT2D eigenvalue weighted by molar-refractivity contribution is -0.0985. The topological polar surface area (TPSA) is 9.23 Å². The Kier molecular flexibility index (Phi) is 4.61. The Labute approximate surface area is 115 Å². The van der Waals surface area contributed by atoms with Gasteiger partial charge in [-0.05, 0) is 36.0 Å². The maximum atomic E-state index is 13.8. The van der Waals surface area contributed by atoms with Crippen LogP contribution in [-0.2, 0) is 0 Å². The van der Waals surface area contributed by atoms with Crippen LogP contribution in [0.2, 0.25) is 19.6 Å². The normalized spacial score (nSPS) is 13.5. The maximum absolute atomic E-state index is 13.8. The second-order valence-corrected chi connectivity index (χ2v) is 11.4. The summed E-state index contributed by atoms with van der Waals surface area (Å²) >= 11 is -0.105. The molecule has 108 valence electrons. The maximum Gasteiger partial charge on any atom is 0.356 e. The van der Waals surface area contributed by atoms with Gasteiger partial charge in [0.05, 0.1) is 7.11 Å². The third-order valence-electron chi connectivity index (χ3n) is 2.61. The lowest BCUT2D eigenvalue weighted by Gasteiger charge is -2.34. The van der Waals surface area contributed by atoms with Crippen molar-refractivity contribution < 1.29 is 22.3 Å². The molecular weight excluding hydrogens is 296 g/mol. The Bertz CT molecular complexity index is 428. The molecule has 0 saturated heterocycles. The summed E-state index contributed by atoms with van der Waals surface area (Å²) in [6, 6.07) is 5.62. The van der Waals surface area contributed by atoms with E-state index in [9.17, 15) is 17.6 Å². The summed E-state index contributed by atoms with van der Waals surface area (Å²) in [4.78, 5) is 0.0868. The first-order chi connectivity index (χ1) is 8.51. The van der Waals surface area contributed by atoms with Gasteiger partial charge in [0.25, 0.3) is 5.55 Å². The average Bonchev–Trinajstić information content (AvgIpc) is 2.28. The standard InChI is InChI=1S/C12H16F4OSSi/c1-17-9-5-7-10(8-6-9)18-11(13,14)12(15,16)19(2,3)4/h5-8H,1-4H3. The van der Waals surface area contributed by atoms with E-state index in [1.165, 1.54) is 51.0 Å². The van der Waals surface area contributed by atoms with Gasteiger partial charge in [0, 0.05) is 4.90 Å². The molecule has 0 spiro atoms. The van der Waals surface area contributed by atoms with E-state index in [1.807, 2.05) is 0 Å². The highest BCUT2D eigenvalue weighted by atomic mass is 32.2. The Morgan fingerprint density at radius 3 is 1.84 bits per heavy atom. The van der Waals surface area contributed by atoms with Gasteiger partial charge in [-0.15, -0.1) is 0 Å². The van der Waals surface area contributed by atoms with Gasteiger partial charge < -0.3 is 4.74 Å². The largest absolute Gasteiger partial charge is 0.497 e. The number of rotatable bonds is 5. The molecule has 0 aliphatic heterocycles. The van der Waals surface area contributed by atoms with Crippen LogP contribution >= 0.6 is 11.8 Å². The highest BCUT2D eigenvalue weighted by Crippen LogP contribution is 2.50. The van der Waals surface area contributed by atoms with Crippen molar-refractivity contribution in [3.63, 3.8) is 0 Å². The molecule has 19 heavy (non-hydrogen) atoms. The lowest BCUT2D eigenvalue weighted by atomic mass is 10.3. The van der Waals surface area contributed by atoms with Crippen molar-refractivity contribution in [1.82, 2.24) is 0 Å². The molecule has 1 aromatic rings. The van der Waals surface area contributed by atoms with Crippen LogP contribution in [-0.4, -0.2) is 26.0 Å². The highest BCUT2D eigenvalue weighted by Gasteiger charge is 2.64. The summed E-state index contributed by atoms with van der Waals surface area (Å²) in [6.45, 7) is 3.69. The highest BCUT2D eigenvalue weighted by molar-refractivity contribution is 8.00. The van der Waals surface area contributed by atoms with Gasteiger partial charge in [-0.3, -0.25) is 0 Å². The van der Waals surface area contributed by atoms with E-state index in [4.69, 9.17) is 4.74 Å². The second-order valence-electron chi connectivity index (χ2n) is 5.12. The number of halogens is 4. The van der Waals surface area contributed by atoms with Crippen LogP contribution in [0.5, 0.6) is 5.75 Å². The van der Waals surface area contributed by atoms with Crippen LogP contribution in [0, 0.1) is 0 Å². The average molecular weight is 312 g/mol. The van der Waals surface area contributed by atoms with E-state index < -0.39 is 18.9 Å². The van der Waals surface area contributed by atoms with Crippen LogP contribution in [0.15, 0.2) is 29.2 Å². The van der Waals surface area contributed by atoms with Crippen molar-refractivity contribution >= 4 is 19.8 Å². The zero-order valence-electron chi connectivity index (χ0n) is 11.1. The smallest absolute Gasteiger partial charge is 0.356 e. The molecule has 0 heterocycles. The predicted octanol–water partition coefficient (Wildman–Crippen LogP) is 4.89. The molecule has 1 aromatic carbocycles. The van der Waals surface area contributed by atoms with E-state index in [1.54, 1.807) is 0 Å². The Morgan fingerprint density at radius 1 is 1.00 bits per heavy atom. The Morgan fingerprint density at radius 2 is 1.47 bits per heavy atom. The fraction of sp³-hybridized carbons (Fsp3) is 0.500. The summed E-state index contributed by atoms with van der Waals surface area (Å²) < 4.78 is 60.1. The Hall–Kier alpha value is -0.693. The van der Waals surface area contributed by atoms with Crippen LogP contribution < -0.4 is 4.74 Å². The van der Waals surface area contributed by atoms with Crippen LogP contribution in [0.25, 0.3) is 0 Å². The van der Waals surface area contributed by atoms with E-state index in [0.29, 0.717) is 5.75 Å². The summed E-state index contributed by atoms with van der Waals surface area (Å²) in [5, 5.41) is -4.12. The van der Waals surface area contributed by atoms with Crippen molar-refractivity contribution in [2.24, 2.45) is 0 Å². The van der Waals surface area contributed by atoms with Crippen molar-refractivity contribution in [2.45, 2.75) is 35.3 Å². The third kappa shape index (κ3) is 3.45. The summed E-state index contributed by atoms with van der Waals surface area (Å²) in [5.41, 5.74) is -3.98. The molecular formula is C12H16F4OSSi. The monoisotopic (exact) mass is 312 g/mol. The first-order valence-corrected chi connectivity index (χ1v) is 9.91. The van der Waals surface area contributed by atoms with Crippen LogP contribution in [0.4, 0.5) is 17.6 Å². The van der Waals surface area contributed by atoms with Gasteiger partial charge in [-0.1, -0.05) is 19.6 Å².